The number of hydrogen-bond donors (Lipinski definition) is 1. The van der Waals surface area contributed by atoms with E-state index in [9.17, 15) is 4.79 Å². The van der Waals surface area contributed by atoms with Crippen LogP contribution in [0.2, 0.25) is 0 Å². The molecule has 4 nitrogen and oxygen atoms in total. The molecule has 0 radical (unpaired) electrons. The van der Waals surface area contributed by atoms with Gasteiger partial charge in [0, 0.05) is 12.1 Å². The Kier molecular flexibility index (Phi) is 5.76. The third kappa shape index (κ3) is 4.29. The van der Waals surface area contributed by atoms with Crippen molar-refractivity contribution in [1.29, 1.82) is 0 Å². The fourth-order valence-corrected chi connectivity index (χ4v) is 2.88. The maximum Gasteiger partial charge on any atom is 0.327 e. The molecule has 1 aliphatic heterocycles. The molecule has 1 saturated heterocycles. The highest BCUT2D eigenvalue weighted by molar-refractivity contribution is 5.77. The van der Waals surface area contributed by atoms with Gasteiger partial charge in [0.25, 0.3) is 0 Å². The lowest BCUT2D eigenvalue weighted by atomic mass is 10.00. The Morgan fingerprint density at radius 3 is 2.38 bits per heavy atom. The summed E-state index contributed by atoms with van der Waals surface area (Å²) in [6.45, 7) is 6.62. The molecule has 1 unspecified atom stereocenters. The van der Waals surface area contributed by atoms with Crippen LogP contribution in [-0.4, -0.2) is 43.2 Å². The van der Waals surface area contributed by atoms with E-state index in [0.29, 0.717) is 12.1 Å². The third-order valence-corrected chi connectivity index (χ3v) is 4.23. The number of carbonyl (C=O) groups excluding carboxylic acids is 1. The van der Waals surface area contributed by atoms with E-state index in [1.165, 1.54) is 7.11 Å². The van der Waals surface area contributed by atoms with Crippen LogP contribution in [0.1, 0.15) is 38.3 Å². The fourth-order valence-electron chi connectivity index (χ4n) is 2.88. The second-order valence-corrected chi connectivity index (χ2v) is 5.94. The molecule has 1 atom stereocenters. The summed E-state index contributed by atoms with van der Waals surface area (Å²) in [6.07, 6.45) is 2.14. The van der Waals surface area contributed by atoms with Crippen LogP contribution in [0.4, 0.5) is 0 Å². The molecule has 0 saturated carbocycles. The highest BCUT2D eigenvalue weighted by atomic mass is 16.5. The molecule has 1 aromatic carbocycles. The van der Waals surface area contributed by atoms with Crippen molar-refractivity contribution in [3.8, 4) is 0 Å². The number of likely N-dealkylation sites (tertiary alicyclic amines) is 1. The van der Waals surface area contributed by atoms with Gasteiger partial charge in [-0.2, -0.15) is 0 Å². The van der Waals surface area contributed by atoms with E-state index in [4.69, 9.17) is 4.74 Å². The second kappa shape index (κ2) is 7.57. The molecule has 21 heavy (non-hydrogen) atoms. The van der Waals surface area contributed by atoms with E-state index >= 15 is 0 Å². The zero-order valence-corrected chi connectivity index (χ0v) is 13.2. The van der Waals surface area contributed by atoms with Crippen LogP contribution in [0.25, 0.3) is 0 Å². The number of carbonyl (C=O) groups is 1. The van der Waals surface area contributed by atoms with E-state index in [1.807, 2.05) is 30.3 Å². The molecule has 0 amide bonds. The minimum absolute atomic E-state index is 0.215. The summed E-state index contributed by atoms with van der Waals surface area (Å²) in [5.74, 6) is -0.215. The van der Waals surface area contributed by atoms with Crippen molar-refractivity contribution in [2.24, 2.45) is 0 Å². The van der Waals surface area contributed by atoms with Gasteiger partial charge in [0.2, 0.25) is 0 Å². The van der Waals surface area contributed by atoms with Crippen molar-refractivity contribution < 1.29 is 9.53 Å². The molecule has 1 heterocycles. The number of ether oxygens (including phenoxy) is 1. The summed E-state index contributed by atoms with van der Waals surface area (Å²) in [7, 11) is 1.45. The molecular weight excluding hydrogens is 264 g/mol. The predicted octanol–water partition coefficient (Wildman–Crippen LogP) is 2.36. The van der Waals surface area contributed by atoms with Crippen LogP contribution in [0.3, 0.4) is 0 Å². The number of nitrogens with zero attached hydrogens (tertiary/aromatic N) is 1. The Balaban J connectivity index is 1.99. The Hall–Kier alpha value is -1.39. The minimum Gasteiger partial charge on any atom is -0.468 e. The van der Waals surface area contributed by atoms with Gasteiger partial charge >= 0.3 is 5.97 Å². The van der Waals surface area contributed by atoms with Crippen LogP contribution >= 0.6 is 0 Å². The zero-order valence-electron chi connectivity index (χ0n) is 13.2. The molecule has 0 aliphatic carbocycles. The standard InChI is InChI=1S/C17H26N2O2/c1-13(2)19-11-9-15(10-12-19)18-16(17(20)21-3)14-7-5-4-6-8-14/h4-8,13,15-16,18H,9-12H2,1-3H3. The van der Waals surface area contributed by atoms with Crippen molar-refractivity contribution in [1.82, 2.24) is 10.2 Å². The van der Waals surface area contributed by atoms with Gasteiger partial charge in [0.15, 0.2) is 0 Å². The second-order valence-electron chi connectivity index (χ2n) is 5.94. The maximum absolute atomic E-state index is 12.1. The summed E-state index contributed by atoms with van der Waals surface area (Å²) in [5, 5.41) is 3.48. The molecule has 2 rings (SSSR count). The van der Waals surface area contributed by atoms with Crippen LogP contribution < -0.4 is 5.32 Å². The number of piperidine rings is 1. The van der Waals surface area contributed by atoms with Crippen LogP contribution in [0.15, 0.2) is 30.3 Å². The fraction of sp³-hybridized carbons (Fsp3) is 0.588. The largest absolute Gasteiger partial charge is 0.468 e. The molecule has 1 N–H and O–H groups in total. The molecule has 4 heteroatoms. The number of hydrogen-bond acceptors (Lipinski definition) is 4. The third-order valence-electron chi connectivity index (χ3n) is 4.23. The van der Waals surface area contributed by atoms with Gasteiger partial charge in [0.1, 0.15) is 6.04 Å². The first kappa shape index (κ1) is 16.0. The normalized spacial score (nSPS) is 18.7. The molecule has 1 aromatic rings. The summed E-state index contributed by atoms with van der Waals surface area (Å²) < 4.78 is 4.96. The van der Waals surface area contributed by atoms with Gasteiger partial charge in [-0.3, -0.25) is 5.32 Å². The first-order valence-corrected chi connectivity index (χ1v) is 7.74. The van der Waals surface area contributed by atoms with Crippen molar-refractivity contribution in [2.75, 3.05) is 20.2 Å². The van der Waals surface area contributed by atoms with Gasteiger partial charge in [-0.1, -0.05) is 30.3 Å². The van der Waals surface area contributed by atoms with Crippen LogP contribution in [0.5, 0.6) is 0 Å². The van der Waals surface area contributed by atoms with E-state index in [-0.39, 0.29) is 12.0 Å². The van der Waals surface area contributed by atoms with E-state index < -0.39 is 0 Å². The lowest BCUT2D eigenvalue weighted by Crippen LogP contribution is -2.47. The zero-order chi connectivity index (χ0) is 15.2. The highest BCUT2D eigenvalue weighted by Crippen LogP contribution is 2.19. The average Bonchev–Trinajstić information content (AvgIpc) is 2.53. The van der Waals surface area contributed by atoms with Crippen molar-refractivity contribution in [3.05, 3.63) is 35.9 Å². The lowest BCUT2D eigenvalue weighted by Gasteiger charge is -2.36. The van der Waals surface area contributed by atoms with Gasteiger partial charge in [-0.15, -0.1) is 0 Å². The van der Waals surface area contributed by atoms with Gasteiger partial charge in [-0.25, -0.2) is 4.79 Å². The summed E-state index contributed by atoms with van der Waals surface area (Å²) in [4.78, 5) is 14.5. The Morgan fingerprint density at radius 1 is 1.24 bits per heavy atom. The number of benzene rings is 1. The Bertz CT molecular complexity index is 439. The maximum atomic E-state index is 12.1. The molecular formula is C17H26N2O2. The topological polar surface area (TPSA) is 41.6 Å². The SMILES string of the molecule is COC(=O)C(NC1CCN(C(C)C)CC1)c1ccccc1. The molecule has 1 fully saturated rings. The predicted molar refractivity (Wildman–Crippen MR) is 84.1 cm³/mol. The number of esters is 1. The summed E-state index contributed by atoms with van der Waals surface area (Å²) in [5.41, 5.74) is 0.968. The molecule has 0 spiro atoms. The molecule has 116 valence electrons. The highest BCUT2D eigenvalue weighted by Gasteiger charge is 2.27. The van der Waals surface area contributed by atoms with E-state index in [1.54, 1.807) is 0 Å². The van der Waals surface area contributed by atoms with E-state index in [0.717, 1.165) is 31.5 Å². The minimum atomic E-state index is -0.369. The Morgan fingerprint density at radius 2 is 1.86 bits per heavy atom. The summed E-state index contributed by atoms with van der Waals surface area (Å²) >= 11 is 0. The smallest absolute Gasteiger partial charge is 0.327 e. The monoisotopic (exact) mass is 290 g/mol. The van der Waals surface area contributed by atoms with Crippen LogP contribution in [-0.2, 0) is 9.53 Å². The number of methoxy groups -OCH3 is 1. The van der Waals surface area contributed by atoms with Gasteiger partial charge in [-0.05, 0) is 45.3 Å². The van der Waals surface area contributed by atoms with Gasteiger partial charge in [0.05, 0.1) is 7.11 Å². The van der Waals surface area contributed by atoms with Crippen molar-refractivity contribution in [2.45, 2.75) is 44.8 Å². The quantitative estimate of drug-likeness (QED) is 0.845. The van der Waals surface area contributed by atoms with E-state index in [2.05, 4.69) is 24.1 Å². The number of nitrogens with one attached hydrogen (secondary N) is 1. The average molecular weight is 290 g/mol. The molecule has 1 aliphatic rings. The first-order valence-electron chi connectivity index (χ1n) is 7.74. The molecule has 0 bridgehead atoms. The van der Waals surface area contributed by atoms with Crippen LogP contribution in [0, 0.1) is 0 Å². The molecule has 0 aromatic heterocycles. The lowest BCUT2D eigenvalue weighted by molar-refractivity contribution is -0.143. The Labute approximate surface area is 127 Å². The first-order chi connectivity index (χ1) is 10.1. The van der Waals surface area contributed by atoms with Crippen molar-refractivity contribution >= 4 is 5.97 Å². The van der Waals surface area contributed by atoms with Crippen molar-refractivity contribution in [3.63, 3.8) is 0 Å². The number of rotatable bonds is 5. The summed E-state index contributed by atoms with van der Waals surface area (Å²) in [6, 6.07) is 10.4. The van der Waals surface area contributed by atoms with Gasteiger partial charge < -0.3 is 9.64 Å².